The summed E-state index contributed by atoms with van der Waals surface area (Å²) < 4.78 is 16.9. The Kier molecular flexibility index (Phi) is 14.9. The number of carbonyl (C=O) groups is 2. The molecule has 32 heavy (non-hydrogen) atoms. The van der Waals surface area contributed by atoms with Crippen molar-refractivity contribution in [1.29, 1.82) is 0 Å². The summed E-state index contributed by atoms with van der Waals surface area (Å²) >= 11 is -1.32. The molecule has 0 saturated carbocycles. The van der Waals surface area contributed by atoms with E-state index in [9.17, 15) is 9.59 Å². The van der Waals surface area contributed by atoms with E-state index in [1.165, 1.54) is 63.2 Å². The van der Waals surface area contributed by atoms with Gasteiger partial charge in [0.15, 0.2) is 0 Å². The molecule has 6 heteroatoms. The molecule has 0 N–H and O–H groups in total. The Balaban J connectivity index is 3.61. The standard InChI is InChI=1S/C14H15O4S.3C4H9.Sn/c1-4-17-13(15)10(3)9-11(14(16)18-5-2)12-7-6-8-19-12;3*1-3-4-2;/h3,6-9H,4-5H2,1-2H3;3*1,3-4H2,2H3;/b10-3?,11-9-;;;;. The summed E-state index contributed by atoms with van der Waals surface area (Å²) in [5.41, 5.74) is 1.00. The van der Waals surface area contributed by atoms with Gasteiger partial charge in [-0.25, -0.2) is 0 Å². The van der Waals surface area contributed by atoms with E-state index in [2.05, 4.69) is 24.9 Å². The van der Waals surface area contributed by atoms with E-state index < -0.39 is 18.4 Å². The van der Waals surface area contributed by atoms with Gasteiger partial charge in [0.2, 0.25) is 0 Å². The number of rotatable bonds is 16. The summed E-state index contributed by atoms with van der Waals surface area (Å²) in [6.07, 6.45) is 8.85. The van der Waals surface area contributed by atoms with Crippen molar-refractivity contribution in [2.75, 3.05) is 13.2 Å². The van der Waals surface area contributed by atoms with Crippen LogP contribution in [0.5, 0.6) is 0 Å². The molecule has 0 fully saturated rings. The Labute approximate surface area is 203 Å². The first-order chi connectivity index (χ1) is 15.5. The number of ether oxygens (including phenoxy) is 2. The van der Waals surface area contributed by atoms with E-state index in [1.54, 1.807) is 13.0 Å². The van der Waals surface area contributed by atoms with E-state index >= 15 is 0 Å². The van der Waals surface area contributed by atoms with Crippen LogP contribution >= 0.6 is 11.3 Å². The van der Waals surface area contributed by atoms with Crippen LogP contribution in [0.25, 0.3) is 5.57 Å². The molecule has 0 aliphatic carbocycles. The quantitative estimate of drug-likeness (QED) is 0.0892. The average molecular weight is 569 g/mol. The first-order valence-electron chi connectivity index (χ1n) is 12.3. The predicted molar refractivity (Wildman–Crippen MR) is 139 cm³/mol. The van der Waals surface area contributed by atoms with Gasteiger partial charge in [-0.05, 0) is 0 Å². The van der Waals surface area contributed by atoms with E-state index in [-0.39, 0.29) is 11.9 Å². The summed E-state index contributed by atoms with van der Waals surface area (Å²) in [5, 5.41) is 1.93. The number of esters is 2. The van der Waals surface area contributed by atoms with Crippen molar-refractivity contribution in [2.24, 2.45) is 0 Å². The monoisotopic (exact) mass is 570 g/mol. The Hall–Kier alpha value is -1.08. The molecule has 1 aromatic rings. The summed E-state index contributed by atoms with van der Waals surface area (Å²) in [4.78, 5) is 26.7. The number of hydrogen-bond acceptors (Lipinski definition) is 5. The third-order valence-corrected chi connectivity index (χ3v) is 20.7. The van der Waals surface area contributed by atoms with Crippen LogP contribution in [0.1, 0.15) is 78.0 Å². The molecule has 0 bridgehead atoms. The molecule has 0 atom stereocenters. The molecule has 1 rings (SSSR count). The van der Waals surface area contributed by atoms with Crippen LogP contribution < -0.4 is 0 Å². The predicted octanol–water partition coefficient (Wildman–Crippen LogP) is 7.57. The zero-order chi connectivity index (χ0) is 23.8. The van der Waals surface area contributed by atoms with Crippen LogP contribution in [-0.4, -0.2) is 43.5 Å². The Bertz CT molecular complexity index is 715. The maximum absolute atomic E-state index is 13.1. The second kappa shape index (κ2) is 16.5. The second-order valence-electron chi connectivity index (χ2n) is 8.25. The van der Waals surface area contributed by atoms with Gasteiger partial charge < -0.3 is 0 Å². The minimum atomic E-state index is -2.80. The van der Waals surface area contributed by atoms with Crippen LogP contribution in [-0.2, 0) is 19.1 Å². The molecule has 0 amide bonds. The molecule has 0 aliphatic heterocycles. The van der Waals surface area contributed by atoms with Gasteiger partial charge in [0.25, 0.3) is 0 Å². The van der Waals surface area contributed by atoms with Gasteiger partial charge in [-0.3, -0.25) is 0 Å². The van der Waals surface area contributed by atoms with Crippen molar-refractivity contribution in [3.05, 3.63) is 38.1 Å². The number of carbonyl (C=O) groups excluding carboxylic acids is 2. The first-order valence-corrected chi connectivity index (χ1v) is 20.9. The van der Waals surface area contributed by atoms with Crippen LogP contribution in [0.3, 0.4) is 0 Å². The van der Waals surface area contributed by atoms with Crippen LogP contribution in [0.2, 0.25) is 13.3 Å². The van der Waals surface area contributed by atoms with Gasteiger partial charge in [0.05, 0.1) is 0 Å². The van der Waals surface area contributed by atoms with E-state index in [4.69, 9.17) is 9.47 Å². The summed E-state index contributed by atoms with van der Waals surface area (Å²) in [6.45, 7) is 11.0. The number of unbranched alkanes of at least 4 members (excludes halogenated alkanes) is 3. The van der Waals surface area contributed by atoms with Gasteiger partial charge in [-0.2, -0.15) is 0 Å². The van der Waals surface area contributed by atoms with E-state index in [0.717, 1.165) is 4.88 Å². The number of thiophene rings is 1. The van der Waals surface area contributed by atoms with Crippen molar-refractivity contribution in [2.45, 2.75) is 86.5 Å². The third kappa shape index (κ3) is 9.82. The van der Waals surface area contributed by atoms with Crippen molar-refractivity contribution < 1.29 is 19.1 Å². The topological polar surface area (TPSA) is 52.6 Å². The van der Waals surface area contributed by atoms with Crippen molar-refractivity contribution in [3.63, 3.8) is 0 Å². The summed E-state index contributed by atoms with van der Waals surface area (Å²) in [6, 6.07) is 3.81. The van der Waals surface area contributed by atoms with Gasteiger partial charge >= 0.3 is 204 Å². The number of hydrogen-bond donors (Lipinski definition) is 0. The molecule has 0 saturated heterocycles. The van der Waals surface area contributed by atoms with Crippen molar-refractivity contribution in [3.8, 4) is 0 Å². The minimum absolute atomic E-state index is 0.298. The van der Waals surface area contributed by atoms with Crippen LogP contribution in [0.4, 0.5) is 0 Å². The van der Waals surface area contributed by atoms with Crippen molar-refractivity contribution >= 4 is 47.2 Å². The molecule has 0 spiro atoms. The molecule has 0 aromatic carbocycles. The molecule has 0 aliphatic rings. The molecule has 180 valence electrons. The Morgan fingerprint density at radius 2 is 1.41 bits per heavy atom. The van der Waals surface area contributed by atoms with Gasteiger partial charge in [0.1, 0.15) is 0 Å². The van der Waals surface area contributed by atoms with Crippen molar-refractivity contribution in [1.82, 2.24) is 0 Å². The van der Waals surface area contributed by atoms with Crippen LogP contribution in [0, 0.1) is 0 Å². The van der Waals surface area contributed by atoms with E-state index in [1.807, 2.05) is 24.4 Å². The molecule has 0 unspecified atom stereocenters. The van der Waals surface area contributed by atoms with Crippen LogP contribution in [0.15, 0.2) is 33.3 Å². The zero-order valence-electron chi connectivity index (χ0n) is 20.7. The first kappa shape index (κ1) is 29.0. The Morgan fingerprint density at radius 1 is 0.875 bits per heavy atom. The molecular formula is C26H42O4SSn. The third-order valence-electron chi connectivity index (χ3n) is 5.64. The molecule has 1 aromatic heterocycles. The maximum atomic E-state index is 13.1. The zero-order valence-corrected chi connectivity index (χ0v) is 24.4. The molecular weight excluding hydrogens is 527 g/mol. The fraction of sp³-hybridized carbons (Fsp3) is 0.615. The summed E-state index contributed by atoms with van der Waals surface area (Å²) in [7, 11) is 0. The van der Waals surface area contributed by atoms with Gasteiger partial charge in [0, 0.05) is 0 Å². The Morgan fingerprint density at radius 3 is 1.84 bits per heavy atom. The molecule has 4 nitrogen and oxygen atoms in total. The summed E-state index contributed by atoms with van der Waals surface area (Å²) in [5.74, 6) is -0.710. The average Bonchev–Trinajstić information content (AvgIpc) is 3.32. The second-order valence-corrected chi connectivity index (χ2v) is 22.1. The fourth-order valence-corrected chi connectivity index (χ4v) is 19.5. The SMILES string of the molecule is CCC[CH2][Sn](/[CH]=C(\C=C(/C(=O)OCC)c1cccs1)C(=O)OCC)([CH2]CCC)[CH2]CCC. The van der Waals surface area contributed by atoms with Gasteiger partial charge in [-0.1, -0.05) is 0 Å². The van der Waals surface area contributed by atoms with E-state index in [0.29, 0.717) is 24.4 Å². The van der Waals surface area contributed by atoms with Gasteiger partial charge in [-0.15, -0.1) is 0 Å². The fourth-order valence-electron chi connectivity index (χ4n) is 3.91. The normalized spacial score (nSPS) is 12.7. The molecule has 1 heterocycles. The molecule has 0 radical (unpaired) electrons.